The fourth-order valence-corrected chi connectivity index (χ4v) is 3.01. The number of esters is 1. The number of carbonyl (C=O) groups excluding carboxylic acids is 2. The van der Waals surface area contributed by atoms with E-state index in [1.54, 1.807) is 36.5 Å². The molecule has 2 heterocycles. The quantitative estimate of drug-likeness (QED) is 0.852. The molecule has 1 aliphatic rings. The van der Waals surface area contributed by atoms with Crippen LogP contribution in [0.3, 0.4) is 0 Å². The number of anilines is 2. The summed E-state index contributed by atoms with van der Waals surface area (Å²) in [5.74, 6) is 0.842. The fourth-order valence-electron chi connectivity index (χ4n) is 3.01. The fraction of sp³-hybridized carbons (Fsp3) is 0.350. The van der Waals surface area contributed by atoms with Gasteiger partial charge in [-0.15, -0.1) is 0 Å². The lowest BCUT2D eigenvalue weighted by Crippen LogP contribution is -2.37. The molecule has 1 N–H and O–H groups in total. The summed E-state index contributed by atoms with van der Waals surface area (Å²) in [5, 5.41) is 3.10. The van der Waals surface area contributed by atoms with Crippen LogP contribution in [0.5, 0.6) is 0 Å². The zero-order chi connectivity index (χ0) is 18.5. The number of ether oxygens (including phenoxy) is 1. The molecule has 1 saturated heterocycles. The predicted octanol–water partition coefficient (Wildman–Crippen LogP) is 3.48. The largest absolute Gasteiger partial charge is 0.465 e. The summed E-state index contributed by atoms with van der Waals surface area (Å²) < 4.78 is 4.79. The van der Waals surface area contributed by atoms with Crippen LogP contribution in [-0.2, 0) is 4.74 Å². The highest BCUT2D eigenvalue weighted by Crippen LogP contribution is 2.22. The molecule has 0 spiro atoms. The van der Waals surface area contributed by atoms with Gasteiger partial charge in [-0.05, 0) is 43.0 Å². The third-order valence-electron chi connectivity index (χ3n) is 4.68. The minimum Gasteiger partial charge on any atom is -0.465 e. The van der Waals surface area contributed by atoms with E-state index in [2.05, 4.69) is 17.2 Å². The van der Waals surface area contributed by atoms with Gasteiger partial charge in [0.05, 0.1) is 23.9 Å². The van der Waals surface area contributed by atoms with Crippen molar-refractivity contribution in [2.75, 3.05) is 25.5 Å². The number of rotatable bonds is 4. The number of hydrogen-bond acceptors (Lipinski definition) is 5. The molecule has 6 heteroatoms. The average Bonchev–Trinajstić information content (AvgIpc) is 2.68. The summed E-state index contributed by atoms with van der Waals surface area (Å²) >= 11 is 0. The zero-order valence-corrected chi connectivity index (χ0v) is 15.1. The molecule has 0 radical (unpaired) electrons. The van der Waals surface area contributed by atoms with E-state index in [4.69, 9.17) is 4.74 Å². The third-order valence-corrected chi connectivity index (χ3v) is 4.68. The lowest BCUT2D eigenvalue weighted by Gasteiger charge is -2.30. The van der Waals surface area contributed by atoms with Crippen LogP contribution in [0.25, 0.3) is 0 Å². The Morgan fingerprint density at radius 1 is 1.15 bits per heavy atom. The number of aromatic nitrogens is 1. The maximum absolute atomic E-state index is 12.6. The second-order valence-corrected chi connectivity index (χ2v) is 6.57. The van der Waals surface area contributed by atoms with Crippen molar-refractivity contribution < 1.29 is 14.3 Å². The van der Waals surface area contributed by atoms with Crippen molar-refractivity contribution in [1.82, 2.24) is 9.88 Å². The molecule has 0 bridgehead atoms. The topological polar surface area (TPSA) is 71.5 Å². The molecule has 136 valence electrons. The lowest BCUT2D eigenvalue weighted by molar-refractivity contribution is 0.0601. The number of hydrogen-bond donors (Lipinski definition) is 1. The Labute approximate surface area is 153 Å². The van der Waals surface area contributed by atoms with E-state index in [0.717, 1.165) is 25.9 Å². The molecule has 1 fully saturated rings. The lowest BCUT2D eigenvalue weighted by atomic mass is 9.99. The van der Waals surface area contributed by atoms with E-state index >= 15 is 0 Å². The molecule has 3 rings (SSSR count). The highest BCUT2D eigenvalue weighted by atomic mass is 16.5. The SMILES string of the molecule is COC(=O)c1ccccc1Nc1ccc(C(=O)N2CCC(C)CC2)cn1. The van der Waals surface area contributed by atoms with Crippen LogP contribution in [0.2, 0.25) is 0 Å². The molecule has 0 atom stereocenters. The summed E-state index contributed by atoms with van der Waals surface area (Å²) in [7, 11) is 1.35. The number of nitrogens with zero attached hydrogens (tertiary/aromatic N) is 2. The minimum atomic E-state index is -0.417. The Kier molecular flexibility index (Phi) is 5.51. The first-order valence-corrected chi connectivity index (χ1v) is 8.78. The molecule has 2 aromatic rings. The molecule has 1 aromatic heterocycles. The number of benzene rings is 1. The van der Waals surface area contributed by atoms with Crippen LogP contribution in [0.1, 0.15) is 40.5 Å². The summed E-state index contributed by atoms with van der Waals surface area (Å²) in [6.07, 6.45) is 3.66. The van der Waals surface area contributed by atoms with E-state index in [-0.39, 0.29) is 5.91 Å². The number of nitrogens with one attached hydrogen (secondary N) is 1. The Morgan fingerprint density at radius 3 is 2.54 bits per heavy atom. The van der Waals surface area contributed by atoms with Gasteiger partial charge in [0.1, 0.15) is 5.82 Å². The van der Waals surface area contributed by atoms with E-state index in [1.807, 2.05) is 11.0 Å². The maximum atomic E-state index is 12.6. The van der Waals surface area contributed by atoms with Crippen molar-refractivity contribution in [2.24, 2.45) is 5.92 Å². The Hall–Kier alpha value is -2.89. The van der Waals surface area contributed by atoms with Crippen molar-refractivity contribution in [3.05, 3.63) is 53.7 Å². The van der Waals surface area contributed by atoms with Crippen LogP contribution in [0, 0.1) is 5.92 Å². The second-order valence-electron chi connectivity index (χ2n) is 6.57. The molecule has 26 heavy (non-hydrogen) atoms. The van der Waals surface area contributed by atoms with E-state index in [9.17, 15) is 9.59 Å². The molecule has 1 aliphatic heterocycles. The Balaban J connectivity index is 1.71. The van der Waals surface area contributed by atoms with Crippen molar-refractivity contribution in [2.45, 2.75) is 19.8 Å². The minimum absolute atomic E-state index is 0.0194. The van der Waals surface area contributed by atoms with Crippen LogP contribution in [0.15, 0.2) is 42.6 Å². The zero-order valence-electron chi connectivity index (χ0n) is 15.1. The number of piperidine rings is 1. The van der Waals surface area contributed by atoms with Gasteiger partial charge in [0.15, 0.2) is 0 Å². The number of para-hydroxylation sites is 1. The van der Waals surface area contributed by atoms with Gasteiger partial charge in [-0.25, -0.2) is 9.78 Å². The van der Waals surface area contributed by atoms with Gasteiger partial charge in [0.25, 0.3) is 5.91 Å². The van der Waals surface area contributed by atoms with Gasteiger partial charge in [0, 0.05) is 19.3 Å². The molecule has 6 nitrogen and oxygen atoms in total. The molecule has 0 saturated carbocycles. The summed E-state index contributed by atoms with van der Waals surface area (Å²) in [6, 6.07) is 10.6. The summed E-state index contributed by atoms with van der Waals surface area (Å²) in [5.41, 5.74) is 1.61. The van der Waals surface area contributed by atoms with Crippen molar-refractivity contribution >= 4 is 23.4 Å². The summed E-state index contributed by atoms with van der Waals surface area (Å²) in [4.78, 5) is 30.6. The molecule has 1 amide bonds. The number of pyridine rings is 1. The molecular formula is C20H23N3O3. The van der Waals surface area contributed by atoms with Gasteiger partial charge in [-0.1, -0.05) is 19.1 Å². The van der Waals surface area contributed by atoms with Crippen LogP contribution >= 0.6 is 0 Å². The average molecular weight is 353 g/mol. The normalized spacial score (nSPS) is 14.8. The van der Waals surface area contributed by atoms with E-state index < -0.39 is 5.97 Å². The third kappa shape index (κ3) is 4.02. The molecule has 1 aromatic carbocycles. The number of carbonyl (C=O) groups is 2. The number of methoxy groups -OCH3 is 1. The second kappa shape index (κ2) is 7.99. The van der Waals surface area contributed by atoms with Gasteiger partial charge < -0.3 is 15.0 Å². The predicted molar refractivity (Wildman–Crippen MR) is 99.6 cm³/mol. The standard InChI is InChI=1S/C20H23N3O3/c1-14-9-11-23(12-10-14)19(24)15-7-8-18(21-13-15)22-17-6-4-3-5-16(17)20(25)26-2/h3-8,13-14H,9-12H2,1-2H3,(H,21,22). The molecule has 0 unspecified atom stereocenters. The first-order chi connectivity index (χ1) is 12.6. The van der Waals surface area contributed by atoms with Crippen molar-refractivity contribution in [3.8, 4) is 0 Å². The molecule has 0 aliphatic carbocycles. The van der Waals surface area contributed by atoms with E-state index in [1.165, 1.54) is 7.11 Å². The van der Waals surface area contributed by atoms with Crippen LogP contribution in [0.4, 0.5) is 11.5 Å². The van der Waals surface area contributed by atoms with Gasteiger partial charge in [0.2, 0.25) is 0 Å². The van der Waals surface area contributed by atoms with Crippen LogP contribution < -0.4 is 5.32 Å². The highest BCUT2D eigenvalue weighted by Gasteiger charge is 2.21. The summed E-state index contributed by atoms with van der Waals surface area (Å²) in [6.45, 7) is 3.81. The molecular weight excluding hydrogens is 330 g/mol. The van der Waals surface area contributed by atoms with E-state index in [0.29, 0.717) is 28.6 Å². The highest BCUT2D eigenvalue weighted by molar-refractivity contribution is 5.96. The first kappa shape index (κ1) is 17.9. The Bertz CT molecular complexity index is 781. The first-order valence-electron chi connectivity index (χ1n) is 8.78. The monoisotopic (exact) mass is 353 g/mol. The maximum Gasteiger partial charge on any atom is 0.339 e. The number of likely N-dealkylation sites (tertiary alicyclic amines) is 1. The smallest absolute Gasteiger partial charge is 0.339 e. The van der Waals surface area contributed by atoms with Crippen molar-refractivity contribution in [3.63, 3.8) is 0 Å². The van der Waals surface area contributed by atoms with Gasteiger partial charge in [-0.2, -0.15) is 0 Å². The number of amides is 1. The van der Waals surface area contributed by atoms with Crippen molar-refractivity contribution in [1.29, 1.82) is 0 Å². The van der Waals surface area contributed by atoms with Gasteiger partial charge >= 0.3 is 5.97 Å². The van der Waals surface area contributed by atoms with Crippen LogP contribution in [-0.4, -0.2) is 42.0 Å². The Morgan fingerprint density at radius 2 is 1.88 bits per heavy atom. The van der Waals surface area contributed by atoms with Gasteiger partial charge in [-0.3, -0.25) is 4.79 Å².